The standard InChI is InChI=1S/C16H11ClN6O2S/c17-13-4-2-1-3-12(13)15-18-14(20-25-15)9-26-16-19-21-22-23(16)10-5-7-11(24)8-6-10/h1-8,24H,9H2. The summed E-state index contributed by atoms with van der Waals surface area (Å²) in [5, 5.41) is 26.1. The molecule has 0 aliphatic heterocycles. The smallest absolute Gasteiger partial charge is 0.259 e. The van der Waals surface area contributed by atoms with Gasteiger partial charge in [-0.25, -0.2) is 0 Å². The average Bonchev–Trinajstić information content (AvgIpc) is 3.30. The SMILES string of the molecule is Oc1ccc(-n2nnnc2SCc2noc(-c3ccccc3Cl)n2)cc1. The van der Waals surface area contributed by atoms with Crippen LogP contribution in [0.15, 0.2) is 58.2 Å². The maximum absolute atomic E-state index is 9.39. The van der Waals surface area contributed by atoms with Gasteiger partial charge in [0.15, 0.2) is 5.82 Å². The summed E-state index contributed by atoms with van der Waals surface area (Å²) in [7, 11) is 0. The van der Waals surface area contributed by atoms with Crippen LogP contribution in [-0.4, -0.2) is 35.5 Å². The maximum Gasteiger partial charge on any atom is 0.259 e. The highest BCUT2D eigenvalue weighted by Crippen LogP contribution is 2.27. The number of hydrogen-bond donors (Lipinski definition) is 1. The van der Waals surface area contributed by atoms with E-state index < -0.39 is 0 Å². The number of aromatic hydroxyl groups is 1. The summed E-state index contributed by atoms with van der Waals surface area (Å²) < 4.78 is 6.85. The van der Waals surface area contributed by atoms with Crippen molar-refractivity contribution < 1.29 is 9.63 Å². The van der Waals surface area contributed by atoms with Crippen LogP contribution in [0.3, 0.4) is 0 Å². The van der Waals surface area contributed by atoms with Crippen molar-refractivity contribution in [3.8, 4) is 22.9 Å². The van der Waals surface area contributed by atoms with Crippen molar-refractivity contribution in [3.63, 3.8) is 0 Å². The molecule has 0 radical (unpaired) electrons. The monoisotopic (exact) mass is 386 g/mol. The van der Waals surface area contributed by atoms with Gasteiger partial charge in [0.2, 0.25) is 5.16 Å². The lowest BCUT2D eigenvalue weighted by atomic mass is 10.2. The van der Waals surface area contributed by atoms with Crippen LogP contribution in [0, 0.1) is 0 Å². The lowest BCUT2D eigenvalue weighted by molar-refractivity contribution is 0.425. The Morgan fingerprint density at radius 1 is 1.12 bits per heavy atom. The molecule has 0 unspecified atom stereocenters. The first-order valence-corrected chi connectivity index (χ1v) is 8.85. The van der Waals surface area contributed by atoms with E-state index in [4.69, 9.17) is 16.1 Å². The van der Waals surface area contributed by atoms with Crippen LogP contribution >= 0.6 is 23.4 Å². The van der Waals surface area contributed by atoms with Gasteiger partial charge in [0.25, 0.3) is 5.89 Å². The molecule has 130 valence electrons. The summed E-state index contributed by atoms with van der Waals surface area (Å²) in [5.41, 5.74) is 1.42. The highest BCUT2D eigenvalue weighted by atomic mass is 35.5. The topological polar surface area (TPSA) is 103 Å². The molecule has 10 heteroatoms. The number of tetrazole rings is 1. The Morgan fingerprint density at radius 3 is 2.73 bits per heavy atom. The molecule has 0 aliphatic carbocycles. The fourth-order valence-electron chi connectivity index (χ4n) is 2.21. The molecule has 1 N–H and O–H groups in total. The van der Waals surface area contributed by atoms with Crippen LogP contribution in [0.5, 0.6) is 5.75 Å². The lowest BCUT2D eigenvalue weighted by Crippen LogP contribution is -1.99. The van der Waals surface area contributed by atoms with Gasteiger partial charge in [0, 0.05) is 0 Å². The minimum Gasteiger partial charge on any atom is -0.508 e. The number of halogens is 1. The molecule has 0 fully saturated rings. The van der Waals surface area contributed by atoms with Crippen LogP contribution in [-0.2, 0) is 5.75 Å². The number of rotatable bonds is 5. The molecular formula is C16H11ClN6O2S. The fraction of sp³-hybridized carbons (Fsp3) is 0.0625. The molecule has 4 rings (SSSR count). The van der Waals surface area contributed by atoms with Crippen LogP contribution in [0.25, 0.3) is 17.1 Å². The van der Waals surface area contributed by atoms with E-state index in [0.717, 1.165) is 5.69 Å². The molecule has 8 nitrogen and oxygen atoms in total. The van der Waals surface area contributed by atoms with Crippen LogP contribution in [0.1, 0.15) is 5.82 Å². The summed E-state index contributed by atoms with van der Waals surface area (Å²) in [6.45, 7) is 0. The van der Waals surface area contributed by atoms with Gasteiger partial charge in [-0.05, 0) is 46.8 Å². The predicted molar refractivity (Wildman–Crippen MR) is 95.1 cm³/mol. The van der Waals surface area contributed by atoms with Gasteiger partial charge in [-0.15, -0.1) is 5.10 Å². The van der Waals surface area contributed by atoms with Crippen molar-refractivity contribution in [3.05, 3.63) is 59.4 Å². The number of benzene rings is 2. The minimum absolute atomic E-state index is 0.176. The van der Waals surface area contributed by atoms with Crippen molar-refractivity contribution in [2.75, 3.05) is 0 Å². The summed E-state index contributed by atoms with van der Waals surface area (Å²) in [4.78, 5) is 4.36. The van der Waals surface area contributed by atoms with Gasteiger partial charge >= 0.3 is 0 Å². The number of thioether (sulfide) groups is 1. The zero-order chi connectivity index (χ0) is 17.9. The van der Waals surface area contributed by atoms with Gasteiger partial charge in [-0.3, -0.25) is 0 Å². The van der Waals surface area contributed by atoms with Crippen LogP contribution in [0.2, 0.25) is 5.02 Å². The molecule has 2 heterocycles. The molecule has 0 atom stereocenters. The molecular weight excluding hydrogens is 376 g/mol. The molecule has 2 aromatic heterocycles. The Labute approximate surface area is 156 Å². The Morgan fingerprint density at radius 2 is 1.92 bits per heavy atom. The molecule has 0 saturated heterocycles. The van der Waals surface area contributed by atoms with Gasteiger partial charge in [-0.1, -0.05) is 40.7 Å². The number of nitrogens with zero attached hydrogens (tertiary/aromatic N) is 6. The van der Waals surface area contributed by atoms with E-state index in [1.165, 1.54) is 11.8 Å². The third-order valence-corrected chi connectivity index (χ3v) is 4.68. The number of phenolic OH excluding ortho intramolecular Hbond substituents is 1. The van der Waals surface area contributed by atoms with Gasteiger partial charge in [0.1, 0.15) is 5.75 Å². The zero-order valence-corrected chi connectivity index (χ0v) is 14.7. The van der Waals surface area contributed by atoms with Crippen molar-refractivity contribution in [1.29, 1.82) is 0 Å². The largest absolute Gasteiger partial charge is 0.508 e. The Balaban J connectivity index is 1.50. The van der Waals surface area contributed by atoms with Gasteiger partial charge in [-0.2, -0.15) is 9.67 Å². The van der Waals surface area contributed by atoms with Crippen molar-refractivity contribution in [2.45, 2.75) is 10.9 Å². The first-order chi connectivity index (χ1) is 12.7. The molecule has 0 saturated carbocycles. The molecule has 4 aromatic rings. The highest BCUT2D eigenvalue weighted by Gasteiger charge is 2.14. The summed E-state index contributed by atoms with van der Waals surface area (Å²) in [6, 6.07) is 13.9. The van der Waals surface area contributed by atoms with E-state index in [1.807, 2.05) is 18.2 Å². The van der Waals surface area contributed by atoms with E-state index in [1.54, 1.807) is 35.0 Å². The first-order valence-electron chi connectivity index (χ1n) is 7.49. The third kappa shape index (κ3) is 3.39. The Hall–Kier alpha value is -2.91. The van der Waals surface area contributed by atoms with E-state index in [-0.39, 0.29) is 5.75 Å². The Kier molecular flexibility index (Phi) is 4.55. The number of aromatic nitrogens is 6. The second kappa shape index (κ2) is 7.14. The van der Waals surface area contributed by atoms with E-state index in [9.17, 15) is 5.11 Å². The number of hydrogen-bond acceptors (Lipinski definition) is 8. The van der Waals surface area contributed by atoms with Gasteiger partial charge in [0.05, 0.1) is 22.0 Å². The molecule has 0 spiro atoms. The third-order valence-electron chi connectivity index (χ3n) is 3.44. The molecule has 0 bridgehead atoms. The quantitative estimate of drug-likeness (QED) is 0.521. The van der Waals surface area contributed by atoms with Crippen molar-refractivity contribution >= 4 is 23.4 Å². The maximum atomic E-state index is 9.39. The van der Waals surface area contributed by atoms with Crippen LogP contribution < -0.4 is 0 Å². The predicted octanol–water partition coefficient (Wildman–Crippen LogP) is 3.36. The lowest BCUT2D eigenvalue weighted by Gasteiger charge is -2.03. The highest BCUT2D eigenvalue weighted by molar-refractivity contribution is 7.98. The van der Waals surface area contributed by atoms with Crippen molar-refractivity contribution in [1.82, 2.24) is 30.3 Å². The number of phenols is 1. The molecule has 0 aliphatic rings. The van der Waals surface area contributed by atoms with E-state index in [2.05, 4.69) is 25.7 Å². The molecule has 0 amide bonds. The Bertz CT molecular complexity index is 1030. The second-order valence-corrected chi connectivity index (χ2v) is 6.52. The second-order valence-electron chi connectivity index (χ2n) is 5.17. The zero-order valence-electron chi connectivity index (χ0n) is 13.2. The summed E-state index contributed by atoms with van der Waals surface area (Å²) >= 11 is 7.51. The average molecular weight is 387 g/mol. The van der Waals surface area contributed by atoms with Crippen LogP contribution in [0.4, 0.5) is 0 Å². The van der Waals surface area contributed by atoms with E-state index >= 15 is 0 Å². The van der Waals surface area contributed by atoms with Crippen molar-refractivity contribution in [2.24, 2.45) is 0 Å². The minimum atomic E-state index is 0.176. The fourth-order valence-corrected chi connectivity index (χ4v) is 3.16. The molecule has 2 aromatic carbocycles. The van der Waals surface area contributed by atoms with Gasteiger partial charge < -0.3 is 9.63 Å². The summed E-state index contributed by atoms with van der Waals surface area (Å²) in [5.74, 6) is 1.47. The van der Waals surface area contributed by atoms with E-state index in [0.29, 0.717) is 33.2 Å². The first kappa shape index (κ1) is 16.6. The normalized spacial score (nSPS) is 11.0. The molecule has 26 heavy (non-hydrogen) atoms. The summed E-state index contributed by atoms with van der Waals surface area (Å²) in [6.07, 6.45) is 0.